The summed E-state index contributed by atoms with van der Waals surface area (Å²) in [7, 11) is 0. The minimum atomic E-state index is -0.728. The second-order valence-electron chi connectivity index (χ2n) is 4.34. The third-order valence-electron chi connectivity index (χ3n) is 2.94. The molecule has 3 heteroatoms. The SMILES string of the molecule is N[C@H](c1cccc(F)c1)[C@@H](O)Cc1ccccc1. The molecule has 0 aliphatic carbocycles. The van der Waals surface area contributed by atoms with E-state index in [0.29, 0.717) is 12.0 Å². The van der Waals surface area contributed by atoms with Gasteiger partial charge in [-0.3, -0.25) is 0 Å². The molecule has 0 saturated heterocycles. The zero-order valence-electron chi connectivity index (χ0n) is 9.96. The summed E-state index contributed by atoms with van der Waals surface area (Å²) < 4.78 is 13.1. The van der Waals surface area contributed by atoms with E-state index >= 15 is 0 Å². The van der Waals surface area contributed by atoms with Crippen molar-refractivity contribution in [2.45, 2.75) is 18.6 Å². The van der Waals surface area contributed by atoms with Gasteiger partial charge in [0.1, 0.15) is 5.82 Å². The first-order valence-corrected chi connectivity index (χ1v) is 5.90. The predicted molar refractivity (Wildman–Crippen MR) is 69.5 cm³/mol. The van der Waals surface area contributed by atoms with Crippen molar-refractivity contribution in [3.8, 4) is 0 Å². The van der Waals surface area contributed by atoms with Gasteiger partial charge in [-0.1, -0.05) is 42.5 Å². The molecule has 0 aromatic heterocycles. The number of rotatable bonds is 4. The van der Waals surface area contributed by atoms with Crippen LogP contribution in [0.4, 0.5) is 4.39 Å². The molecule has 0 fully saturated rings. The Morgan fingerprint density at radius 3 is 2.44 bits per heavy atom. The monoisotopic (exact) mass is 245 g/mol. The molecule has 0 saturated carbocycles. The first-order valence-electron chi connectivity index (χ1n) is 5.90. The van der Waals surface area contributed by atoms with Crippen LogP contribution in [-0.4, -0.2) is 11.2 Å². The van der Waals surface area contributed by atoms with Gasteiger partial charge in [-0.2, -0.15) is 0 Å². The number of halogens is 1. The molecule has 2 rings (SSSR count). The van der Waals surface area contributed by atoms with Crippen LogP contribution in [0, 0.1) is 5.82 Å². The van der Waals surface area contributed by atoms with E-state index in [1.807, 2.05) is 30.3 Å². The van der Waals surface area contributed by atoms with E-state index in [2.05, 4.69) is 0 Å². The van der Waals surface area contributed by atoms with Gasteiger partial charge >= 0.3 is 0 Å². The topological polar surface area (TPSA) is 46.2 Å². The van der Waals surface area contributed by atoms with E-state index in [1.54, 1.807) is 12.1 Å². The molecule has 2 nitrogen and oxygen atoms in total. The summed E-state index contributed by atoms with van der Waals surface area (Å²) in [5, 5.41) is 10.1. The molecule has 2 atom stereocenters. The fourth-order valence-electron chi connectivity index (χ4n) is 1.92. The van der Waals surface area contributed by atoms with Crippen LogP contribution in [-0.2, 0) is 6.42 Å². The summed E-state index contributed by atoms with van der Waals surface area (Å²) >= 11 is 0. The molecule has 94 valence electrons. The molecule has 0 bridgehead atoms. The number of nitrogens with two attached hydrogens (primary N) is 1. The van der Waals surface area contributed by atoms with Crippen molar-refractivity contribution < 1.29 is 9.50 Å². The fraction of sp³-hybridized carbons (Fsp3) is 0.200. The number of hydrogen-bond acceptors (Lipinski definition) is 2. The highest BCUT2D eigenvalue weighted by Gasteiger charge is 2.17. The van der Waals surface area contributed by atoms with Crippen LogP contribution in [0.1, 0.15) is 17.2 Å². The van der Waals surface area contributed by atoms with Gasteiger partial charge in [0.05, 0.1) is 12.1 Å². The molecule has 0 aliphatic heterocycles. The van der Waals surface area contributed by atoms with Crippen molar-refractivity contribution in [3.63, 3.8) is 0 Å². The van der Waals surface area contributed by atoms with Gasteiger partial charge in [-0.05, 0) is 23.3 Å². The highest BCUT2D eigenvalue weighted by molar-refractivity contribution is 5.22. The largest absolute Gasteiger partial charge is 0.391 e. The van der Waals surface area contributed by atoms with E-state index in [1.165, 1.54) is 12.1 Å². The van der Waals surface area contributed by atoms with Gasteiger partial charge in [-0.15, -0.1) is 0 Å². The maximum absolute atomic E-state index is 13.1. The molecule has 18 heavy (non-hydrogen) atoms. The lowest BCUT2D eigenvalue weighted by Gasteiger charge is -2.19. The van der Waals surface area contributed by atoms with Crippen molar-refractivity contribution in [2.75, 3.05) is 0 Å². The number of aliphatic hydroxyl groups excluding tert-OH is 1. The smallest absolute Gasteiger partial charge is 0.123 e. The van der Waals surface area contributed by atoms with Crippen LogP contribution in [0.5, 0.6) is 0 Å². The zero-order chi connectivity index (χ0) is 13.0. The minimum absolute atomic E-state index is 0.338. The quantitative estimate of drug-likeness (QED) is 0.869. The molecule has 0 spiro atoms. The Hall–Kier alpha value is -1.71. The normalized spacial score (nSPS) is 14.2. The number of benzene rings is 2. The van der Waals surface area contributed by atoms with E-state index in [9.17, 15) is 9.50 Å². The third-order valence-corrected chi connectivity index (χ3v) is 2.94. The first-order chi connectivity index (χ1) is 8.66. The van der Waals surface area contributed by atoms with Crippen LogP contribution in [0.25, 0.3) is 0 Å². The third kappa shape index (κ3) is 3.15. The van der Waals surface area contributed by atoms with Crippen molar-refractivity contribution in [1.82, 2.24) is 0 Å². The van der Waals surface area contributed by atoms with Crippen molar-refractivity contribution in [3.05, 3.63) is 71.5 Å². The number of hydrogen-bond donors (Lipinski definition) is 2. The van der Waals surface area contributed by atoms with Gasteiger partial charge in [-0.25, -0.2) is 4.39 Å². The Balaban J connectivity index is 2.07. The molecule has 0 unspecified atom stereocenters. The number of aliphatic hydroxyl groups is 1. The fourth-order valence-corrected chi connectivity index (χ4v) is 1.92. The van der Waals surface area contributed by atoms with Gasteiger partial charge in [0.2, 0.25) is 0 Å². The molecule has 0 heterocycles. The van der Waals surface area contributed by atoms with Gasteiger partial charge in [0, 0.05) is 6.42 Å². The van der Waals surface area contributed by atoms with Crippen molar-refractivity contribution >= 4 is 0 Å². The van der Waals surface area contributed by atoms with E-state index < -0.39 is 12.1 Å². The van der Waals surface area contributed by atoms with Crippen LogP contribution in [0.2, 0.25) is 0 Å². The lowest BCUT2D eigenvalue weighted by atomic mass is 9.97. The summed E-state index contributed by atoms with van der Waals surface area (Å²) in [6.07, 6.45) is -0.271. The van der Waals surface area contributed by atoms with E-state index in [-0.39, 0.29) is 5.82 Å². The Morgan fingerprint density at radius 2 is 1.78 bits per heavy atom. The minimum Gasteiger partial charge on any atom is -0.391 e. The Labute approximate surface area is 106 Å². The standard InChI is InChI=1S/C15H16FNO/c16-13-8-4-7-12(10-13)15(17)14(18)9-11-5-2-1-3-6-11/h1-8,10,14-15,18H,9,17H2/t14-,15+/m0/s1. The lowest BCUT2D eigenvalue weighted by molar-refractivity contribution is 0.145. The predicted octanol–water partition coefficient (Wildman–Crippen LogP) is 2.43. The second kappa shape index (κ2) is 5.76. The maximum atomic E-state index is 13.1. The van der Waals surface area contributed by atoms with Crippen molar-refractivity contribution in [2.24, 2.45) is 5.73 Å². The van der Waals surface area contributed by atoms with E-state index in [4.69, 9.17) is 5.73 Å². The average Bonchev–Trinajstić information content (AvgIpc) is 2.39. The first kappa shape index (κ1) is 12.7. The summed E-state index contributed by atoms with van der Waals surface area (Å²) in [6.45, 7) is 0. The second-order valence-corrected chi connectivity index (χ2v) is 4.34. The van der Waals surface area contributed by atoms with Gasteiger partial charge in [0.25, 0.3) is 0 Å². The van der Waals surface area contributed by atoms with Crippen LogP contribution in [0.3, 0.4) is 0 Å². The molecular formula is C15H16FNO. The molecule has 2 aromatic rings. The van der Waals surface area contributed by atoms with Crippen LogP contribution in [0.15, 0.2) is 54.6 Å². The van der Waals surface area contributed by atoms with E-state index in [0.717, 1.165) is 5.56 Å². The highest BCUT2D eigenvalue weighted by Crippen LogP contribution is 2.18. The Bertz CT molecular complexity index is 501. The van der Waals surface area contributed by atoms with Crippen LogP contribution < -0.4 is 5.73 Å². The zero-order valence-corrected chi connectivity index (χ0v) is 9.96. The lowest BCUT2D eigenvalue weighted by Crippen LogP contribution is -2.28. The molecule has 0 radical (unpaired) electrons. The van der Waals surface area contributed by atoms with Crippen molar-refractivity contribution in [1.29, 1.82) is 0 Å². The Kier molecular flexibility index (Phi) is 4.07. The average molecular weight is 245 g/mol. The molecule has 3 N–H and O–H groups in total. The molecular weight excluding hydrogens is 229 g/mol. The van der Waals surface area contributed by atoms with Crippen LogP contribution >= 0.6 is 0 Å². The van der Waals surface area contributed by atoms with Gasteiger partial charge < -0.3 is 10.8 Å². The Morgan fingerprint density at radius 1 is 1.06 bits per heavy atom. The summed E-state index contributed by atoms with van der Waals surface area (Å²) in [6, 6.07) is 15.1. The molecule has 0 amide bonds. The summed E-state index contributed by atoms with van der Waals surface area (Å²) in [5.74, 6) is -0.338. The molecule has 2 aromatic carbocycles. The summed E-state index contributed by atoms with van der Waals surface area (Å²) in [4.78, 5) is 0. The summed E-state index contributed by atoms with van der Waals surface area (Å²) in [5.41, 5.74) is 7.56. The molecule has 0 aliphatic rings. The maximum Gasteiger partial charge on any atom is 0.123 e. The van der Waals surface area contributed by atoms with Gasteiger partial charge in [0.15, 0.2) is 0 Å². The highest BCUT2D eigenvalue weighted by atomic mass is 19.1.